The molecule has 0 spiro atoms. The molecule has 15 nitrogen and oxygen atoms in total. The van der Waals surface area contributed by atoms with Gasteiger partial charge in [-0.1, -0.05) is 39.3 Å². The molecule has 2 aromatic heterocycles. The van der Waals surface area contributed by atoms with Crippen LogP contribution in [-0.2, 0) is 9.59 Å². The van der Waals surface area contributed by atoms with Crippen LogP contribution >= 0.6 is 11.6 Å². The smallest absolute Gasteiger partial charge is 0.272 e. The van der Waals surface area contributed by atoms with Gasteiger partial charge in [0, 0.05) is 75.2 Å². The number of nitriles is 1. The molecule has 0 bridgehead atoms. The van der Waals surface area contributed by atoms with Gasteiger partial charge in [-0.25, -0.2) is 4.98 Å². The van der Waals surface area contributed by atoms with Crippen molar-refractivity contribution in [3.8, 4) is 11.8 Å². The number of ether oxygens (including phenoxy) is 1. The second-order valence-electron chi connectivity index (χ2n) is 16.7. The first kappa shape index (κ1) is 39.9. The first-order chi connectivity index (χ1) is 27.2. The summed E-state index contributed by atoms with van der Waals surface area (Å²) in [5, 5.41) is 26.4. The van der Waals surface area contributed by atoms with Crippen LogP contribution in [0.25, 0.3) is 0 Å². The van der Waals surface area contributed by atoms with Gasteiger partial charge in [-0.05, 0) is 61.6 Å². The number of imide groups is 1. The zero-order chi connectivity index (χ0) is 40.5. The molecule has 7 rings (SSSR count). The van der Waals surface area contributed by atoms with Gasteiger partial charge in [0.05, 0.1) is 22.5 Å². The molecule has 4 aliphatic rings. The minimum Gasteiger partial charge on any atom is -0.489 e. The van der Waals surface area contributed by atoms with Crippen LogP contribution in [-0.4, -0.2) is 108 Å². The molecule has 57 heavy (non-hydrogen) atoms. The number of nitrogens with zero attached hydrogens (tertiary/aromatic N) is 7. The number of rotatable bonds is 10. The minimum absolute atomic E-state index is 0.182. The Morgan fingerprint density at radius 1 is 0.895 bits per heavy atom. The van der Waals surface area contributed by atoms with Gasteiger partial charge in [-0.15, -0.1) is 10.2 Å². The number of benzene rings is 1. The van der Waals surface area contributed by atoms with Crippen LogP contribution in [0.2, 0.25) is 5.02 Å². The number of piperidine rings is 2. The Bertz CT molecular complexity index is 2020. The summed E-state index contributed by atoms with van der Waals surface area (Å²) in [6.45, 7) is 14.6. The molecule has 1 aliphatic carbocycles. The summed E-state index contributed by atoms with van der Waals surface area (Å²) < 4.78 is 6.35. The molecule has 3 N–H and O–H groups in total. The third kappa shape index (κ3) is 8.52. The van der Waals surface area contributed by atoms with Gasteiger partial charge in [0.2, 0.25) is 11.8 Å². The number of piperazine rings is 1. The highest BCUT2D eigenvalue weighted by molar-refractivity contribution is 6.31. The fourth-order valence-electron chi connectivity index (χ4n) is 9.09. The zero-order valence-corrected chi connectivity index (χ0v) is 33.5. The molecule has 300 valence electrons. The molecule has 3 saturated heterocycles. The largest absolute Gasteiger partial charge is 0.489 e. The second-order valence-corrected chi connectivity index (χ2v) is 17.1. The summed E-state index contributed by atoms with van der Waals surface area (Å²) in [6.07, 6.45) is 4.05. The Morgan fingerprint density at radius 2 is 1.60 bits per heavy atom. The van der Waals surface area contributed by atoms with E-state index in [-0.39, 0.29) is 48.2 Å². The van der Waals surface area contributed by atoms with E-state index in [9.17, 15) is 24.4 Å². The van der Waals surface area contributed by atoms with E-state index in [4.69, 9.17) is 16.3 Å². The van der Waals surface area contributed by atoms with Crippen molar-refractivity contribution >= 4 is 46.7 Å². The van der Waals surface area contributed by atoms with Crippen molar-refractivity contribution < 1.29 is 23.9 Å². The van der Waals surface area contributed by atoms with Crippen molar-refractivity contribution in [1.29, 1.82) is 5.26 Å². The van der Waals surface area contributed by atoms with Crippen molar-refractivity contribution in [3.05, 3.63) is 70.6 Å². The van der Waals surface area contributed by atoms with Gasteiger partial charge in [0.1, 0.15) is 29.7 Å². The molecular formula is C41H49ClN10O5. The van der Waals surface area contributed by atoms with E-state index in [0.29, 0.717) is 22.3 Å². The number of hydrogen-bond acceptors (Lipinski definition) is 12. The molecule has 1 unspecified atom stereocenters. The van der Waals surface area contributed by atoms with Crippen LogP contribution in [0.15, 0.2) is 48.7 Å². The fraction of sp³-hybridized carbons (Fsp3) is 0.512. The third-order valence-corrected chi connectivity index (χ3v) is 12.3. The molecule has 4 fully saturated rings. The number of anilines is 2. The van der Waals surface area contributed by atoms with Crippen LogP contribution < -0.4 is 30.5 Å². The van der Waals surface area contributed by atoms with E-state index in [2.05, 4.69) is 79.6 Å². The Hall–Kier alpha value is -5.33. The topological polar surface area (TPSA) is 186 Å². The Labute approximate surface area is 337 Å². The summed E-state index contributed by atoms with van der Waals surface area (Å²) >= 11 is 6.24. The Balaban J connectivity index is 0.832. The average Bonchev–Trinajstić information content (AvgIpc) is 3.20. The predicted octanol–water partition coefficient (Wildman–Crippen LogP) is 3.58. The van der Waals surface area contributed by atoms with Crippen LogP contribution in [0.4, 0.5) is 11.5 Å². The van der Waals surface area contributed by atoms with Crippen molar-refractivity contribution in [2.45, 2.75) is 71.6 Å². The van der Waals surface area contributed by atoms with Gasteiger partial charge in [0.25, 0.3) is 11.8 Å². The lowest BCUT2D eigenvalue weighted by Gasteiger charge is -2.63. The standard InChI is InChI=1S/C41H49ClN10O5/c1-40(2)38(41(3,4)39(40)57-28-7-5-26(22-43)29(42)21-28)47-37(56)32-9-11-33(49-48-32)52-15-13-25(14-16-52)24-50-17-19-51(20-18-50)27-6-8-30(44-23-27)35(54)45-31-10-12-34(53)46-36(31)55/h5-9,11,21,23,25,31,38-39H,10,12-20,24H2,1-4H3,(H,45,54)(H,47,56)(H,46,53,55). The van der Waals surface area contributed by atoms with E-state index in [1.807, 2.05) is 12.1 Å². The predicted molar refractivity (Wildman–Crippen MR) is 213 cm³/mol. The summed E-state index contributed by atoms with van der Waals surface area (Å²) in [5.41, 5.74) is 1.06. The lowest BCUT2D eigenvalue weighted by molar-refractivity contribution is -0.164. The number of pyridine rings is 1. The highest BCUT2D eigenvalue weighted by atomic mass is 35.5. The fourth-order valence-corrected chi connectivity index (χ4v) is 9.30. The molecule has 0 radical (unpaired) electrons. The van der Waals surface area contributed by atoms with Gasteiger partial charge in [-0.2, -0.15) is 5.26 Å². The highest BCUT2D eigenvalue weighted by Gasteiger charge is 2.64. The molecule has 16 heteroatoms. The van der Waals surface area contributed by atoms with Gasteiger partial charge >= 0.3 is 0 Å². The lowest BCUT2D eigenvalue weighted by atomic mass is 9.49. The lowest BCUT2D eigenvalue weighted by Crippen LogP contribution is -2.74. The van der Waals surface area contributed by atoms with Crippen LogP contribution in [0, 0.1) is 28.1 Å². The molecule has 3 aromatic rings. The average molecular weight is 797 g/mol. The van der Waals surface area contributed by atoms with Crippen molar-refractivity contribution in [3.63, 3.8) is 0 Å². The highest BCUT2D eigenvalue weighted by Crippen LogP contribution is 2.55. The van der Waals surface area contributed by atoms with Crippen molar-refractivity contribution in [2.24, 2.45) is 16.7 Å². The number of halogens is 1. The first-order valence-corrected chi connectivity index (χ1v) is 19.9. The van der Waals surface area contributed by atoms with E-state index in [1.54, 1.807) is 36.5 Å². The maximum Gasteiger partial charge on any atom is 0.272 e. The van der Waals surface area contributed by atoms with Crippen LogP contribution in [0.3, 0.4) is 0 Å². The van der Waals surface area contributed by atoms with Crippen molar-refractivity contribution in [2.75, 3.05) is 55.6 Å². The maximum absolute atomic E-state index is 13.4. The van der Waals surface area contributed by atoms with Gasteiger partial charge in [-0.3, -0.25) is 29.4 Å². The van der Waals surface area contributed by atoms with E-state index in [0.717, 1.165) is 70.2 Å². The molecule has 1 atom stereocenters. The monoisotopic (exact) mass is 796 g/mol. The summed E-state index contributed by atoms with van der Waals surface area (Å²) in [7, 11) is 0. The summed E-state index contributed by atoms with van der Waals surface area (Å²) in [4.78, 5) is 60.8. The van der Waals surface area contributed by atoms with Crippen LogP contribution in [0.1, 0.15) is 79.9 Å². The number of amides is 4. The van der Waals surface area contributed by atoms with Gasteiger partial charge in [0.15, 0.2) is 11.5 Å². The number of carbonyl (C=O) groups excluding carboxylic acids is 4. The number of hydrogen-bond donors (Lipinski definition) is 3. The maximum atomic E-state index is 13.4. The van der Waals surface area contributed by atoms with Crippen LogP contribution in [0.5, 0.6) is 5.75 Å². The van der Waals surface area contributed by atoms with E-state index < -0.39 is 28.7 Å². The molecule has 1 saturated carbocycles. The zero-order valence-electron chi connectivity index (χ0n) is 32.8. The second kappa shape index (κ2) is 16.3. The molecule has 5 heterocycles. The number of aromatic nitrogens is 3. The third-order valence-electron chi connectivity index (χ3n) is 12.0. The number of carbonyl (C=O) groups is 4. The Morgan fingerprint density at radius 3 is 2.21 bits per heavy atom. The normalized spacial score (nSPS) is 23.5. The number of nitrogens with one attached hydrogen (secondary N) is 3. The quantitative estimate of drug-likeness (QED) is 0.254. The first-order valence-electron chi connectivity index (χ1n) is 19.6. The van der Waals surface area contributed by atoms with Gasteiger partial charge < -0.3 is 25.2 Å². The molecule has 1 aromatic carbocycles. The SMILES string of the molecule is CC1(C)C(NC(=O)c2ccc(N3CCC(CN4CCN(c5ccc(C(=O)NC6CCC(=O)NC6=O)nc5)CC4)CC3)nn2)C(C)(C)C1Oc1ccc(C#N)c(Cl)c1. The molecular weight excluding hydrogens is 748 g/mol. The van der Waals surface area contributed by atoms with E-state index in [1.165, 1.54) is 0 Å². The summed E-state index contributed by atoms with van der Waals surface area (Å²) in [6, 6.07) is 13.4. The Kier molecular flexibility index (Phi) is 11.4. The molecule has 4 amide bonds. The van der Waals surface area contributed by atoms with E-state index >= 15 is 0 Å². The molecule has 3 aliphatic heterocycles. The summed E-state index contributed by atoms with van der Waals surface area (Å²) in [5.74, 6) is 0.394. The van der Waals surface area contributed by atoms with Crippen molar-refractivity contribution in [1.82, 2.24) is 36.0 Å². The minimum atomic E-state index is -0.738.